The van der Waals surface area contributed by atoms with E-state index in [2.05, 4.69) is 5.32 Å². The van der Waals surface area contributed by atoms with Crippen molar-refractivity contribution in [2.45, 2.75) is 0 Å². The molecule has 0 aliphatic rings. The summed E-state index contributed by atoms with van der Waals surface area (Å²) in [7, 11) is 0. The van der Waals surface area contributed by atoms with Crippen molar-refractivity contribution in [3.8, 4) is 17.4 Å². The average molecular weight is 394 g/mol. The maximum absolute atomic E-state index is 12.3. The molecule has 0 bridgehead atoms. The van der Waals surface area contributed by atoms with Crippen molar-refractivity contribution in [1.29, 1.82) is 5.26 Å². The van der Waals surface area contributed by atoms with Crippen molar-refractivity contribution in [1.82, 2.24) is 0 Å². The Labute approximate surface area is 164 Å². The van der Waals surface area contributed by atoms with Crippen molar-refractivity contribution < 1.29 is 14.1 Å². The summed E-state index contributed by atoms with van der Waals surface area (Å²) < 4.78 is 5.62. The Morgan fingerprint density at radius 3 is 2.57 bits per heavy atom. The zero-order valence-electron chi connectivity index (χ0n) is 14.3. The number of non-ortho nitro benzene ring substituents is 1. The van der Waals surface area contributed by atoms with Crippen LogP contribution in [0.2, 0.25) is 5.02 Å². The van der Waals surface area contributed by atoms with Gasteiger partial charge in [-0.05, 0) is 30.3 Å². The standard InChI is InChI=1S/C20H12ClN3O4/c21-18-11-15(24(26)27)6-8-17(18)19-9-7-16(28-19)10-13(12-22)20(25)23-14-4-2-1-3-5-14/h1-11H,(H,23,25)/b13-10+. The van der Waals surface area contributed by atoms with Crippen molar-refractivity contribution >= 4 is 35.0 Å². The lowest BCUT2D eigenvalue weighted by atomic mass is 10.1. The number of nitrogens with one attached hydrogen (secondary N) is 1. The summed E-state index contributed by atoms with van der Waals surface area (Å²) in [5.41, 5.74) is 0.745. The molecule has 138 valence electrons. The summed E-state index contributed by atoms with van der Waals surface area (Å²) in [6, 6.07) is 17.8. The molecule has 7 nitrogen and oxygen atoms in total. The molecule has 0 saturated heterocycles. The first-order valence-corrected chi connectivity index (χ1v) is 8.38. The molecule has 3 aromatic rings. The number of hydrogen-bond donors (Lipinski definition) is 1. The molecule has 1 aromatic heterocycles. The molecule has 1 N–H and O–H groups in total. The topological polar surface area (TPSA) is 109 Å². The van der Waals surface area contributed by atoms with Crippen LogP contribution in [0.3, 0.4) is 0 Å². The number of para-hydroxylation sites is 1. The van der Waals surface area contributed by atoms with E-state index >= 15 is 0 Å². The molecule has 1 heterocycles. The number of nitro benzene ring substituents is 1. The van der Waals surface area contributed by atoms with E-state index in [1.54, 1.807) is 36.4 Å². The van der Waals surface area contributed by atoms with Gasteiger partial charge in [-0.3, -0.25) is 14.9 Å². The molecule has 0 radical (unpaired) electrons. The molecule has 3 rings (SSSR count). The number of nitro groups is 1. The number of furan rings is 1. The second-order valence-electron chi connectivity index (χ2n) is 5.61. The molecule has 1 amide bonds. The SMILES string of the molecule is N#C/C(=C\c1ccc(-c2ccc([N+](=O)[O-])cc2Cl)o1)C(=O)Nc1ccccc1. The fraction of sp³-hybridized carbons (Fsp3) is 0. The van der Waals surface area contributed by atoms with Crippen LogP contribution in [0.5, 0.6) is 0 Å². The monoisotopic (exact) mass is 393 g/mol. The van der Waals surface area contributed by atoms with E-state index in [0.717, 1.165) is 0 Å². The van der Waals surface area contributed by atoms with E-state index in [1.165, 1.54) is 24.3 Å². The van der Waals surface area contributed by atoms with Crippen molar-refractivity contribution in [2.75, 3.05) is 5.32 Å². The van der Waals surface area contributed by atoms with Crippen LogP contribution in [0.1, 0.15) is 5.76 Å². The number of anilines is 1. The number of nitriles is 1. The first-order valence-electron chi connectivity index (χ1n) is 8.00. The zero-order chi connectivity index (χ0) is 20.1. The lowest BCUT2D eigenvalue weighted by Gasteiger charge is -2.03. The van der Waals surface area contributed by atoms with Gasteiger partial charge < -0.3 is 9.73 Å². The van der Waals surface area contributed by atoms with Gasteiger partial charge in [-0.15, -0.1) is 0 Å². The van der Waals surface area contributed by atoms with Gasteiger partial charge in [-0.2, -0.15) is 5.26 Å². The molecular weight excluding hydrogens is 382 g/mol. The van der Waals surface area contributed by atoms with Gasteiger partial charge in [0.25, 0.3) is 11.6 Å². The Balaban J connectivity index is 1.83. The summed E-state index contributed by atoms with van der Waals surface area (Å²) in [5, 5.41) is 22.9. The maximum Gasteiger partial charge on any atom is 0.270 e. The van der Waals surface area contributed by atoms with Crippen LogP contribution in [-0.4, -0.2) is 10.8 Å². The van der Waals surface area contributed by atoms with Crippen molar-refractivity contribution in [2.24, 2.45) is 0 Å². The van der Waals surface area contributed by atoms with Crippen LogP contribution < -0.4 is 5.32 Å². The highest BCUT2D eigenvalue weighted by atomic mass is 35.5. The smallest absolute Gasteiger partial charge is 0.270 e. The van der Waals surface area contributed by atoms with Gasteiger partial charge in [0.1, 0.15) is 23.2 Å². The van der Waals surface area contributed by atoms with Crippen molar-refractivity contribution in [3.63, 3.8) is 0 Å². The average Bonchev–Trinajstić information content (AvgIpc) is 3.15. The van der Waals surface area contributed by atoms with E-state index in [-0.39, 0.29) is 22.0 Å². The third kappa shape index (κ3) is 4.26. The molecule has 2 aromatic carbocycles. The minimum Gasteiger partial charge on any atom is -0.457 e. The maximum atomic E-state index is 12.3. The highest BCUT2D eigenvalue weighted by molar-refractivity contribution is 6.33. The largest absolute Gasteiger partial charge is 0.457 e. The third-order valence-electron chi connectivity index (χ3n) is 3.74. The van der Waals surface area contributed by atoms with Gasteiger partial charge >= 0.3 is 0 Å². The Bertz CT molecular complexity index is 1110. The van der Waals surface area contributed by atoms with Gasteiger partial charge in [0.2, 0.25) is 0 Å². The number of benzene rings is 2. The van der Waals surface area contributed by atoms with Crippen LogP contribution >= 0.6 is 11.6 Å². The molecule has 0 aliphatic carbocycles. The molecule has 0 saturated carbocycles. The quantitative estimate of drug-likeness (QED) is 0.282. The number of carbonyl (C=O) groups excluding carboxylic acids is 1. The number of nitrogens with zero attached hydrogens (tertiary/aromatic N) is 2. The Morgan fingerprint density at radius 2 is 1.93 bits per heavy atom. The van der Waals surface area contributed by atoms with Gasteiger partial charge in [-0.25, -0.2) is 0 Å². The molecule has 0 unspecified atom stereocenters. The highest BCUT2D eigenvalue weighted by Gasteiger charge is 2.15. The molecule has 0 fully saturated rings. The summed E-state index contributed by atoms with van der Waals surface area (Å²) >= 11 is 6.09. The fourth-order valence-corrected chi connectivity index (χ4v) is 2.67. The lowest BCUT2D eigenvalue weighted by Crippen LogP contribution is -2.13. The summed E-state index contributed by atoms with van der Waals surface area (Å²) in [6.45, 7) is 0. The van der Waals surface area contributed by atoms with E-state index in [9.17, 15) is 20.2 Å². The molecule has 0 spiro atoms. The van der Waals surface area contributed by atoms with Crippen LogP contribution in [0, 0.1) is 21.4 Å². The molecule has 28 heavy (non-hydrogen) atoms. The fourth-order valence-electron chi connectivity index (χ4n) is 2.40. The van der Waals surface area contributed by atoms with Crippen LogP contribution in [-0.2, 0) is 4.79 Å². The lowest BCUT2D eigenvalue weighted by molar-refractivity contribution is -0.384. The number of rotatable bonds is 5. The minimum atomic E-state index is -0.569. The summed E-state index contributed by atoms with van der Waals surface area (Å²) in [6.07, 6.45) is 1.31. The second-order valence-corrected chi connectivity index (χ2v) is 6.02. The Morgan fingerprint density at radius 1 is 1.18 bits per heavy atom. The normalized spacial score (nSPS) is 10.9. The number of hydrogen-bond acceptors (Lipinski definition) is 5. The highest BCUT2D eigenvalue weighted by Crippen LogP contribution is 2.32. The van der Waals surface area contributed by atoms with Crippen molar-refractivity contribution in [3.05, 3.63) is 87.1 Å². The van der Waals surface area contributed by atoms with E-state index in [1.807, 2.05) is 12.1 Å². The molecule has 0 atom stereocenters. The minimum absolute atomic E-state index is 0.134. The number of carbonyl (C=O) groups is 1. The predicted octanol–water partition coefficient (Wildman–Crippen LogP) is 5.05. The van der Waals surface area contributed by atoms with Gasteiger partial charge in [0.15, 0.2) is 0 Å². The molecule has 0 aliphatic heterocycles. The third-order valence-corrected chi connectivity index (χ3v) is 4.05. The first-order chi connectivity index (χ1) is 13.5. The first kappa shape index (κ1) is 18.9. The van der Waals surface area contributed by atoms with Crippen LogP contribution in [0.25, 0.3) is 17.4 Å². The van der Waals surface area contributed by atoms with Gasteiger partial charge in [0, 0.05) is 29.5 Å². The number of halogens is 1. The van der Waals surface area contributed by atoms with Gasteiger partial charge in [0.05, 0.1) is 9.95 Å². The van der Waals surface area contributed by atoms with E-state index < -0.39 is 10.8 Å². The second kappa shape index (κ2) is 8.20. The van der Waals surface area contributed by atoms with E-state index in [4.69, 9.17) is 16.0 Å². The molecular formula is C20H12ClN3O4. The Kier molecular flexibility index (Phi) is 5.53. The predicted molar refractivity (Wildman–Crippen MR) is 104 cm³/mol. The van der Waals surface area contributed by atoms with Gasteiger partial charge in [-0.1, -0.05) is 29.8 Å². The Hall–Kier alpha value is -3.89. The zero-order valence-corrected chi connectivity index (χ0v) is 15.0. The van der Waals surface area contributed by atoms with Crippen LogP contribution in [0.15, 0.2) is 70.7 Å². The molecule has 8 heteroatoms. The van der Waals surface area contributed by atoms with E-state index in [0.29, 0.717) is 17.0 Å². The number of amides is 1. The van der Waals surface area contributed by atoms with Crippen LogP contribution in [0.4, 0.5) is 11.4 Å². The summed E-state index contributed by atoms with van der Waals surface area (Å²) in [5.74, 6) is 0.0519. The summed E-state index contributed by atoms with van der Waals surface area (Å²) in [4.78, 5) is 22.5.